The van der Waals surface area contributed by atoms with Gasteiger partial charge in [-0.15, -0.1) is 0 Å². The molecule has 2 aromatic rings. The standard InChI is InChI=1S/C21H23N3O7/c1-21(2,3)15-7-9-17(10-8-15)30-13-19(26)31-12-18(25)22-23-20(27)14-5-4-6-16(11-14)24(28)29/h4-11H,12-13H2,1-3H3,(H,22,25)(H,23,27). The van der Waals surface area contributed by atoms with Crippen LogP contribution in [-0.4, -0.2) is 35.9 Å². The summed E-state index contributed by atoms with van der Waals surface area (Å²) < 4.78 is 10.1. The smallest absolute Gasteiger partial charge is 0.344 e. The van der Waals surface area contributed by atoms with Gasteiger partial charge in [-0.2, -0.15) is 0 Å². The van der Waals surface area contributed by atoms with Crippen molar-refractivity contribution in [3.8, 4) is 5.75 Å². The first-order valence-electron chi connectivity index (χ1n) is 9.29. The van der Waals surface area contributed by atoms with Crippen LogP contribution in [0.25, 0.3) is 0 Å². The van der Waals surface area contributed by atoms with Crippen LogP contribution < -0.4 is 15.6 Å². The number of nitrogens with zero attached hydrogens (tertiary/aromatic N) is 1. The van der Waals surface area contributed by atoms with Crippen molar-refractivity contribution < 1.29 is 28.8 Å². The Labute approximate surface area is 178 Å². The normalized spacial score (nSPS) is 10.7. The number of nitrogens with one attached hydrogen (secondary N) is 2. The van der Waals surface area contributed by atoms with E-state index in [2.05, 4.69) is 31.6 Å². The fourth-order valence-corrected chi connectivity index (χ4v) is 2.38. The molecule has 0 aliphatic carbocycles. The summed E-state index contributed by atoms with van der Waals surface area (Å²) in [7, 11) is 0. The monoisotopic (exact) mass is 429 g/mol. The maximum absolute atomic E-state index is 11.9. The minimum atomic E-state index is -0.790. The summed E-state index contributed by atoms with van der Waals surface area (Å²) in [6.45, 7) is 5.22. The second-order valence-corrected chi connectivity index (χ2v) is 7.53. The van der Waals surface area contributed by atoms with Crippen LogP contribution in [0.4, 0.5) is 5.69 Å². The molecule has 164 valence electrons. The number of carbonyl (C=O) groups excluding carboxylic acids is 3. The number of esters is 1. The topological polar surface area (TPSA) is 137 Å². The van der Waals surface area contributed by atoms with E-state index >= 15 is 0 Å². The van der Waals surface area contributed by atoms with E-state index in [0.29, 0.717) is 5.75 Å². The molecule has 10 nitrogen and oxygen atoms in total. The molecular weight excluding hydrogens is 406 g/mol. The molecule has 0 heterocycles. The van der Waals surface area contributed by atoms with Crippen molar-refractivity contribution in [2.45, 2.75) is 26.2 Å². The van der Waals surface area contributed by atoms with Crippen molar-refractivity contribution in [1.82, 2.24) is 10.9 Å². The lowest BCUT2D eigenvalue weighted by Crippen LogP contribution is -2.43. The highest BCUT2D eigenvalue weighted by atomic mass is 16.6. The van der Waals surface area contributed by atoms with Gasteiger partial charge in [0, 0.05) is 17.7 Å². The fraction of sp³-hybridized carbons (Fsp3) is 0.286. The number of benzene rings is 2. The van der Waals surface area contributed by atoms with Gasteiger partial charge in [-0.3, -0.25) is 30.6 Å². The Kier molecular flexibility index (Phi) is 7.67. The molecule has 0 atom stereocenters. The molecule has 0 spiro atoms. The molecule has 10 heteroatoms. The van der Waals surface area contributed by atoms with Crippen LogP contribution in [-0.2, 0) is 19.7 Å². The first-order valence-corrected chi connectivity index (χ1v) is 9.29. The van der Waals surface area contributed by atoms with Gasteiger partial charge in [-0.1, -0.05) is 39.0 Å². The maximum Gasteiger partial charge on any atom is 0.344 e. The first kappa shape index (κ1) is 23.3. The third-order valence-electron chi connectivity index (χ3n) is 4.08. The van der Waals surface area contributed by atoms with Crippen molar-refractivity contribution in [3.63, 3.8) is 0 Å². The largest absolute Gasteiger partial charge is 0.482 e. The summed E-state index contributed by atoms with van der Waals surface area (Å²) in [4.78, 5) is 45.5. The molecule has 31 heavy (non-hydrogen) atoms. The molecule has 0 bridgehead atoms. The summed E-state index contributed by atoms with van der Waals surface area (Å²) >= 11 is 0. The van der Waals surface area contributed by atoms with Gasteiger partial charge in [0.05, 0.1) is 4.92 Å². The van der Waals surface area contributed by atoms with Crippen LogP contribution in [0.1, 0.15) is 36.7 Å². The highest BCUT2D eigenvalue weighted by Gasteiger charge is 2.15. The van der Waals surface area contributed by atoms with Gasteiger partial charge < -0.3 is 9.47 Å². The molecule has 0 unspecified atom stereocenters. The maximum atomic E-state index is 11.9. The number of hydrogen-bond donors (Lipinski definition) is 2. The summed E-state index contributed by atoms with van der Waals surface area (Å²) in [5.74, 6) is -1.83. The zero-order valence-corrected chi connectivity index (χ0v) is 17.3. The van der Waals surface area contributed by atoms with Gasteiger partial charge in [-0.25, -0.2) is 4.79 Å². The molecule has 0 aliphatic heterocycles. The van der Waals surface area contributed by atoms with Gasteiger partial charge in [-0.05, 0) is 29.2 Å². The molecule has 2 N–H and O–H groups in total. The molecule has 0 radical (unpaired) electrons. The number of non-ortho nitro benzene ring substituents is 1. The summed E-state index contributed by atoms with van der Waals surface area (Å²) in [6, 6.07) is 12.3. The van der Waals surface area contributed by atoms with Crippen LogP contribution in [0.2, 0.25) is 0 Å². The molecule has 0 aliphatic rings. The Morgan fingerprint density at radius 3 is 2.29 bits per heavy atom. The van der Waals surface area contributed by atoms with E-state index in [-0.39, 0.29) is 23.3 Å². The molecule has 0 fully saturated rings. The van der Waals surface area contributed by atoms with Crippen molar-refractivity contribution in [1.29, 1.82) is 0 Å². The zero-order chi connectivity index (χ0) is 23.0. The predicted molar refractivity (Wildman–Crippen MR) is 110 cm³/mol. The number of nitro groups is 1. The van der Waals surface area contributed by atoms with E-state index in [1.165, 1.54) is 18.2 Å². The highest BCUT2D eigenvalue weighted by Crippen LogP contribution is 2.24. The summed E-state index contributed by atoms with van der Waals surface area (Å²) in [5, 5.41) is 10.7. The molecule has 2 amide bonds. The Hall–Kier alpha value is -3.95. The van der Waals surface area contributed by atoms with Crippen molar-refractivity contribution in [3.05, 3.63) is 69.8 Å². The van der Waals surface area contributed by atoms with Crippen LogP contribution >= 0.6 is 0 Å². The Morgan fingerprint density at radius 1 is 1.00 bits per heavy atom. The Balaban J connectivity index is 1.72. The Morgan fingerprint density at radius 2 is 1.68 bits per heavy atom. The lowest BCUT2D eigenvalue weighted by Gasteiger charge is -2.19. The van der Waals surface area contributed by atoms with Gasteiger partial charge in [0.25, 0.3) is 17.5 Å². The first-order chi connectivity index (χ1) is 14.6. The number of amides is 2. The van der Waals surface area contributed by atoms with Gasteiger partial charge in [0.1, 0.15) is 5.75 Å². The van der Waals surface area contributed by atoms with E-state index < -0.39 is 29.3 Å². The number of hydrogen-bond acceptors (Lipinski definition) is 7. The van der Waals surface area contributed by atoms with Gasteiger partial charge in [0.2, 0.25) is 0 Å². The fourth-order valence-electron chi connectivity index (χ4n) is 2.38. The van der Waals surface area contributed by atoms with E-state index in [1.54, 1.807) is 12.1 Å². The van der Waals surface area contributed by atoms with E-state index in [1.807, 2.05) is 12.1 Å². The molecule has 0 saturated carbocycles. The van der Waals surface area contributed by atoms with Crippen molar-refractivity contribution in [2.75, 3.05) is 13.2 Å². The summed E-state index contributed by atoms with van der Waals surface area (Å²) in [5.41, 5.74) is 4.97. The van der Waals surface area contributed by atoms with Crippen LogP contribution in [0.3, 0.4) is 0 Å². The molecule has 2 rings (SSSR count). The van der Waals surface area contributed by atoms with Crippen LogP contribution in [0.5, 0.6) is 5.75 Å². The minimum absolute atomic E-state index is 0.00449. The molecule has 0 aromatic heterocycles. The summed E-state index contributed by atoms with van der Waals surface area (Å²) in [6.07, 6.45) is 0. The third-order valence-corrected chi connectivity index (χ3v) is 4.08. The number of rotatable bonds is 7. The average molecular weight is 429 g/mol. The van der Waals surface area contributed by atoms with E-state index in [9.17, 15) is 24.5 Å². The lowest BCUT2D eigenvalue weighted by atomic mass is 9.87. The number of carbonyl (C=O) groups is 3. The molecular formula is C21H23N3O7. The van der Waals surface area contributed by atoms with Crippen LogP contribution in [0.15, 0.2) is 48.5 Å². The average Bonchev–Trinajstić information content (AvgIpc) is 2.74. The third kappa shape index (κ3) is 7.42. The highest BCUT2D eigenvalue weighted by molar-refractivity contribution is 5.96. The van der Waals surface area contributed by atoms with Crippen molar-refractivity contribution in [2.24, 2.45) is 0 Å². The van der Waals surface area contributed by atoms with Gasteiger partial charge >= 0.3 is 5.97 Å². The second kappa shape index (κ2) is 10.2. The van der Waals surface area contributed by atoms with E-state index in [4.69, 9.17) is 9.47 Å². The van der Waals surface area contributed by atoms with E-state index in [0.717, 1.165) is 11.6 Å². The minimum Gasteiger partial charge on any atom is -0.482 e. The number of hydrazine groups is 1. The lowest BCUT2D eigenvalue weighted by molar-refractivity contribution is -0.384. The number of nitro benzene ring substituents is 1. The molecule has 0 saturated heterocycles. The quantitative estimate of drug-likeness (QED) is 0.391. The van der Waals surface area contributed by atoms with Crippen LogP contribution in [0, 0.1) is 10.1 Å². The molecule has 2 aromatic carbocycles. The van der Waals surface area contributed by atoms with Crippen molar-refractivity contribution >= 4 is 23.5 Å². The predicted octanol–water partition coefficient (Wildman–Crippen LogP) is 2.28. The Bertz CT molecular complexity index is 966. The SMILES string of the molecule is CC(C)(C)c1ccc(OCC(=O)OCC(=O)NNC(=O)c2cccc([N+](=O)[O-])c2)cc1. The van der Waals surface area contributed by atoms with Gasteiger partial charge in [0.15, 0.2) is 13.2 Å². The second-order valence-electron chi connectivity index (χ2n) is 7.53. The number of ether oxygens (including phenoxy) is 2. The zero-order valence-electron chi connectivity index (χ0n) is 17.3.